The zero-order valence-electron chi connectivity index (χ0n) is 11.1. The van der Waals surface area contributed by atoms with E-state index >= 15 is 0 Å². The van der Waals surface area contributed by atoms with Crippen molar-refractivity contribution in [2.75, 3.05) is 10.7 Å². The van der Waals surface area contributed by atoms with Crippen molar-refractivity contribution >= 4 is 29.3 Å². The molecule has 1 aliphatic heterocycles. The fraction of sp³-hybridized carbons (Fsp3) is 0.125. The van der Waals surface area contributed by atoms with Gasteiger partial charge in [-0.2, -0.15) is 0 Å². The number of carbonyl (C=O) groups excluding carboxylic acids is 1. The zero-order chi connectivity index (χ0) is 14.8. The Morgan fingerprint density at radius 3 is 2.38 bits per heavy atom. The lowest BCUT2D eigenvalue weighted by molar-refractivity contribution is -0.115. The van der Waals surface area contributed by atoms with E-state index in [4.69, 9.17) is 5.11 Å². The van der Waals surface area contributed by atoms with Crippen molar-refractivity contribution in [3.63, 3.8) is 0 Å². The molecule has 5 heteroatoms. The summed E-state index contributed by atoms with van der Waals surface area (Å²) in [5, 5.41) is 8.88. The average Bonchev–Trinajstić information content (AvgIpc) is 2.90. The van der Waals surface area contributed by atoms with E-state index in [1.807, 2.05) is 30.3 Å². The van der Waals surface area contributed by atoms with Crippen molar-refractivity contribution in [2.24, 2.45) is 0 Å². The smallest absolute Gasteiger partial charge is 0.335 e. The molecule has 0 aromatic heterocycles. The third-order valence-electron chi connectivity index (χ3n) is 3.35. The first-order chi connectivity index (χ1) is 10.2. The van der Waals surface area contributed by atoms with Crippen LogP contribution in [0.3, 0.4) is 0 Å². The first-order valence-corrected chi connectivity index (χ1v) is 7.53. The number of hydrogen-bond donors (Lipinski definition) is 1. The molecule has 0 bridgehead atoms. The van der Waals surface area contributed by atoms with Crippen LogP contribution in [0, 0.1) is 0 Å². The SMILES string of the molecule is O=C(O)c1ccc(N2C(=O)CS[C@@H]2c2ccccc2)cc1. The summed E-state index contributed by atoms with van der Waals surface area (Å²) in [5.41, 5.74) is 2.01. The van der Waals surface area contributed by atoms with E-state index in [-0.39, 0.29) is 16.8 Å². The second-order valence-electron chi connectivity index (χ2n) is 4.69. The van der Waals surface area contributed by atoms with E-state index in [0.717, 1.165) is 11.3 Å². The number of benzene rings is 2. The van der Waals surface area contributed by atoms with Gasteiger partial charge < -0.3 is 5.11 Å². The molecular formula is C16H13NO3S. The van der Waals surface area contributed by atoms with Crippen molar-refractivity contribution in [1.29, 1.82) is 0 Å². The second kappa shape index (κ2) is 5.61. The third kappa shape index (κ3) is 2.64. The Morgan fingerprint density at radius 2 is 1.76 bits per heavy atom. The Bertz CT molecular complexity index is 670. The predicted octanol–water partition coefficient (Wildman–Crippen LogP) is 3.16. The van der Waals surface area contributed by atoms with Gasteiger partial charge in [-0.3, -0.25) is 9.69 Å². The van der Waals surface area contributed by atoms with Crippen LogP contribution >= 0.6 is 11.8 Å². The number of amides is 1. The fourth-order valence-corrected chi connectivity index (χ4v) is 3.51. The molecule has 21 heavy (non-hydrogen) atoms. The number of carboxylic acid groups (broad SMARTS) is 1. The lowest BCUT2D eigenvalue weighted by Crippen LogP contribution is -2.27. The van der Waals surface area contributed by atoms with Gasteiger partial charge in [0.2, 0.25) is 5.91 Å². The highest BCUT2D eigenvalue weighted by atomic mass is 32.2. The third-order valence-corrected chi connectivity index (χ3v) is 4.56. The van der Waals surface area contributed by atoms with Crippen LogP contribution in [0.5, 0.6) is 0 Å². The first-order valence-electron chi connectivity index (χ1n) is 6.49. The van der Waals surface area contributed by atoms with E-state index in [1.165, 1.54) is 12.1 Å². The number of nitrogens with zero attached hydrogens (tertiary/aromatic N) is 1. The molecule has 4 nitrogen and oxygen atoms in total. The van der Waals surface area contributed by atoms with E-state index in [2.05, 4.69) is 0 Å². The summed E-state index contributed by atoms with van der Waals surface area (Å²) in [6, 6.07) is 16.2. The van der Waals surface area contributed by atoms with Gasteiger partial charge in [-0.15, -0.1) is 11.8 Å². The highest BCUT2D eigenvalue weighted by Crippen LogP contribution is 2.41. The highest BCUT2D eigenvalue weighted by Gasteiger charge is 2.33. The van der Waals surface area contributed by atoms with Gasteiger partial charge in [0, 0.05) is 5.69 Å². The summed E-state index contributed by atoms with van der Waals surface area (Å²) in [4.78, 5) is 24.8. The summed E-state index contributed by atoms with van der Waals surface area (Å²) < 4.78 is 0. The minimum absolute atomic E-state index is 0.0388. The average molecular weight is 299 g/mol. The molecule has 0 aliphatic carbocycles. The van der Waals surface area contributed by atoms with Crippen molar-refractivity contribution < 1.29 is 14.7 Å². The molecule has 0 unspecified atom stereocenters. The molecule has 1 aliphatic rings. The number of carboxylic acids is 1. The van der Waals surface area contributed by atoms with Crippen LogP contribution in [0.2, 0.25) is 0 Å². The Hall–Kier alpha value is -2.27. The van der Waals surface area contributed by atoms with Crippen LogP contribution in [0.1, 0.15) is 21.3 Å². The van der Waals surface area contributed by atoms with Gasteiger partial charge in [-0.1, -0.05) is 30.3 Å². The van der Waals surface area contributed by atoms with E-state index in [0.29, 0.717) is 5.75 Å². The van der Waals surface area contributed by atoms with Gasteiger partial charge in [0.25, 0.3) is 0 Å². The van der Waals surface area contributed by atoms with Gasteiger partial charge in [-0.25, -0.2) is 4.79 Å². The standard InChI is InChI=1S/C16H13NO3S/c18-14-10-21-15(11-4-2-1-3-5-11)17(14)13-8-6-12(7-9-13)16(19)20/h1-9,15H,10H2,(H,19,20)/t15-/m1/s1. The van der Waals surface area contributed by atoms with Crippen LogP contribution in [0.4, 0.5) is 5.69 Å². The van der Waals surface area contributed by atoms with Crippen molar-refractivity contribution in [3.05, 3.63) is 65.7 Å². The van der Waals surface area contributed by atoms with Crippen molar-refractivity contribution in [2.45, 2.75) is 5.37 Å². The number of carbonyl (C=O) groups is 2. The lowest BCUT2D eigenvalue weighted by Gasteiger charge is -2.24. The highest BCUT2D eigenvalue weighted by molar-refractivity contribution is 8.00. The summed E-state index contributed by atoms with van der Waals surface area (Å²) >= 11 is 1.58. The van der Waals surface area contributed by atoms with E-state index in [1.54, 1.807) is 28.8 Å². The van der Waals surface area contributed by atoms with E-state index < -0.39 is 5.97 Å². The molecule has 1 amide bonds. The van der Waals surface area contributed by atoms with Crippen LogP contribution in [-0.2, 0) is 4.79 Å². The van der Waals surface area contributed by atoms with Gasteiger partial charge in [0.05, 0.1) is 11.3 Å². The maximum Gasteiger partial charge on any atom is 0.335 e. The van der Waals surface area contributed by atoms with Gasteiger partial charge in [0.1, 0.15) is 5.37 Å². The second-order valence-corrected chi connectivity index (χ2v) is 5.76. The number of aromatic carboxylic acids is 1. The molecule has 2 aromatic carbocycles. The monoisotopic (exact) mass is 299 g/mol. The van der Waals surface area contributed by atoms with Crippen LogP contribution < -0.4 is 4.90 Å². The Labute approximate surface area is 126 Å². The Morgan fingerprint density at radius 1 is 1.10 bits per heavy atom. The maximum atomic E-state index is 12.2. The minimum atomic E-state index is -0.969. The van der Waals surface area contributed by atoms with Crippen molar-refractivity contribution in [3.8, 4) is 0 Å². The molecule has 2 aromatic rings. The molecule has 0 spiro atoms. The number of anilines is 1. The number of thioether (sulfide) groups is 1. The molecule has 1 fully saturated rings. The minimum Gasteiger partial charge on any atom is -0.478 e. The summed E-state index contributed by atoms with van der Waals surface area (Å²) in [5.74, 6) is -0.500. The molecule has 1 heterocycles. The quantitative estimate of drug-likeness (QED) is 0.946. The van der Waals surface area contributed by atoms with Gasteiger partial charge in [-0.05, 0) is 29.8 Å². The predicted molar refractivity (Wildman–Crippen MR) is 82.5 cm³/mol. The molecule has 106 valence electrons. The lowest BCUT2D eigenvalue weighted by atomic mass is 10.1. The van der Waals surface area contributed by atoms with Crippen molar-refractivity contribution in [1.82, 2.24) is 0 Å². The summed E-state index contributed by atoms with van der Waals surface area (Å²) in [6.07, 6.45) is 0. The maximum absolute atomic E-state index is 12.2. The topological polar surface area (TPSA) is 57.6 Å². The number of rotatable bonds is 3. The fourth-order valence-electron chi connectivity index (χ4n) is 2.33. The first kappa shape index (κ1) is 13.7. The van der Waals surface area contributed by atoms with Gasteiger partial charge in [0.15, 0.2) is 0 Å². The molecule has 0 radical (unpaired) electrons. The molecular weight excluding hydrogens is 286 g/mol. The molecule has 1 saturated heterocycles. The molecule has 1 atom stereocenters. The van der Waals surface area contributed by atoms with Crippen LogP contribution in [-0.4, -0.2) is 22.7 Å². The van der Waals surface area contributed by atoms with Crippen LogP contribution in [0.15, 0.2) is 54.6 Å². The molecule has 1 N–H and O–H groups in total. The summed E-state index contributed by atoms with van der Waals surface area (Å²) in [7, 11) is 0. The normalized spacial score (nSPS) is 18.0. The van der Waals surface area contributed by atoms with Crippen LogP contribution in [0.25, 0.3) is 0 Å². The van der Waals surface area contributed by atoms with E-state index in [9.17, 15) is 9.59 Å². The number of hydrogen-bond acceptors (Lipinski definition) is 3. The molecule has 3 rings (SSSR count). The Kier molecular flexibility index (Phi) is 3.66. The zero-order valence-corrected chi connectivity index (χ0v) is 11.9. The van der Waals surface area contributed by atoms with Gasteiger partial charge >= 0.3 is 5.97 Å². The Balaban J connectivity index is 1.94. The summed E-state index contributed by atoms with van der Waals surface area (Å²) in [6.45, 7) is 0. The largest absolute Gasteiger partial charge is 0.478 e. The molecule has 0 saturated carbocycles.